The predicted octanol–water partition coefficient (Wildman–Crippen LogP) is 2.52. The fourth-order valence-corrected chi connectivity index (χ4v) is 4.49. The fraction of sp³-hybridized carbons (Fsp3) is 0.471. The molecule has 1 fully saturated rings. The van der Waals surface area contributed by atoms with E-state index in [-0.39, 0.29) is 6.04 Å². The van der Waals surface area contributed by atoms with Crippen LogP contribution >= 0.6 is 0 Å². The van der Waals surface area contributed by atoms with E-state index in [0.717, 1.165) is 37.9 Å². The molecule has 6 nitrogen and oxygen atoms in total. The van der Waals surface area contributed by atoms with Crippen LogP contribution in [-0.2, 0) is 27.6 Å². The van der Waals surface area contributed by atoms with E-state index in [0.29, 0.717) is 17.2 Å². The standard InChI is InChI=1S/C17H21N3O3S/c21-24(22,17-6-5-13-3-1-2-4-14(13)9-17)19-15-10-18-20(11-15)16-7-8-23-12-16/h5-6,9-11,16,19H,1-4,7-8,12H2/t16-/m0/s1. The third-order valence-corrected chi connectivity index (χ3v) is 6.14. The fourth-order valence-electron chi connectivity index (χ4n) is 3.41. The first kappa shape index (κ1) is 15.7. The maximum atomic E-state index is 12.6. The molecule has 7 heteroatoms. The lowest BCUT2D eigenvalue weighted by Gasteiger charge is -2.16. The molecule has 1 atom stereocenters. The predicted molar refractivity (Wildman–Crippen MR) is 90.6 cm³/mol. The Labute approximate surface area is 141 Å². The Morgan fingerprint density at radius 3 is 2.83 bits per heavy atom. The third kappa shape index (κ3) is 3.06. The van der Waals surface area contributed by atoms with E-state index in [9.17, 15) is 8.42 Å². The molecule has 1 aliphatic carbocycles. The molecule has 128 valence electrons. The second-order valence-corrected chi connectivity index (χ2v) is 8.15. The molecule has 1 N–H and O–H groups in total. The van der Waals surface area contributed by atoms with Crippen molar-refractivity contribution < 1.29 is 13.2 Å². The van der Waals surface area contributed by atoms with Gasteiger partial charge in [0.1, 0.15) is 0 Å². The number of hydrogen-bond donors (Lipinski definition) is 1. The van der Waals surface area contributed by atoms with Crippen LogP contribution < -0.4 is 4.72 Å². The Balaban J connectivity index is 1.55. The average molecular weight is 347 g/mol. The van der Waals surface area contributed by atoms with Gasteiger partial charge in [-0.25, -0.2) is 8.42 Å². The number of sulfonamides is 1. The van der Waals surface area contributed by atoms with Crippen molar-refractivity contribution in [3.05, 3.63) is 41.7 Å². The van der Waals surface area contributed by atoms with Gasteiger partial charge in [0, 0.05) is 12.8 Å². The van der Waals surface area contributed by atoms with Crippen LogP contribution in [0.3, 0.4) is 0 Å². The third-order valence-electron chi connectivity index (χ3n) is 4.76. The number of nitrogens with zero attached hydrogens (tertiary/aromatic N) is 2. The van der Waals surface area contributed by atoms with Gasteiger partial charge in [0.2, 0.25) is 0 Å². The van der Waals surface area contributed by atoms with E-state index in [4.69, 9.17) is 4.74 Å². The summed E-state index contributed by atoms with van der Waals surface area (Å²) in [4.78, 5) is 0.320. The number of fused-ring (bicyclic) bond motifs is 1. The summed E-state index contributed by atoms with van der Waals surface area (Å²) in [6, 6.07) is 5.64. The number of anilines is 1. The molecule has 1 aliphatic heterocycles. The van der Waals surface area contributed by atoms with Crippen LogP contribution in [0.25, 0.3) is 0 Å². The zero-order valence-corrected chi connectivity index (χ0v) is 14.3. The highest BCUT2D eigenvalue weighted by Gasteiger charge is 2.21. The molecule has 1 aromatic heterocycles. The summed E-state index contributed by atoms with van der Waals surface area (Å²) in [5.41, 5.74) is 2.91. The van der Waals surface area contributed by atoms with E-state index in [1.54, 1.807) is 23.1 Å². The lowest BCUT2D eigenvalue weighted by Crippen LogP contribution is -2.14. The van der Waals surface area contributed by atoms with E-state index in [1.807, 2.05) is 12.1 Å². The molecule has 2 aromatic rings. The second kappa shape index (κ2) is 6.22. The number of ether oxygens (including phenoxy) is 1. The van der Waals surface area contributed by atoms with E-state index < -0.39 is 10.0 Å². The Morgan fingerprint density at radius 1 is 1.21 bits per heavy atom. The van der Waals surface area contributed by atoms with Crippen molar-refractivity contribution in [3.63, 3.8) is 0 Å². The molecule has 4 rings (SSSR count). The smallest absolute Gasteiger partial charge is 0.262 e. The van der Waals surface area contributed by atoms with Crippen LogP contribution in [0.5, 0.6) is 0 Å². The number of rotatable bonds is 4. The number of nitrogens with one attached hydrogen (secondary N) is 1. The number of aryl methyl sites for hydroxylation is 2. The highest BCUT2D eigenvalue weighted by molar-refractivity contribution is 7.92. The van der Waals surface area contributed by atoms with E-state index >= 15 is 0 Å². The lowest BCUT2D eigenvalue weighted by atomic mass is 9.92. The summed E-state index contributed by atoms with van der Waals surface area (Å²) < 4.78 is 35.0. The van der Waals surface area contributed by atoms with Gasteiger partial charge in [-0.05, 0) is 55.4 Å². The normalized spacial score (nSPS) is 20.8. The number of benzene rings is 1. The Hall–Kier alpha value is -1.86. The maximum absolute atomic E-state index is 12.6. The van der Waals surface area contributed by atoms with Crippen molar-refractivity contribution in [1.82, 2.24) is 9.78 Å². The molecule has 0 unspecified atom stereocenters. The topological polar surface area (TPSA) is 73.2 Å². The van der Waals surface area contributed by atoms with Crippen molar-refractivity contribution >= 4 is 15.7 Å². The van der Waals surface area contributed by atoms with Crippen molar-refractivity contribution in [2.75, 3.05) is 17.9 Å². The summed E-state index contributed by atoms with van der Waals surface area (Å²) in [6.07, 6.45) is 8.49. The first-order valence-corrected chi connectivity index (χ1v) is 9.87. The summed E-state index contributed by atoms with van der Waals surface area (Å²) in [6.45, 7) is 1.35. The summed E-state index contributed by atoms with van der Waals surface area (Å²) in [5, 5.41) is 4.26. The van der Waals surface area contributed by atoms with Crippen LogP contribution in [-0.4, -0.2) is 31.4 Å². The van der Waals surface area contributed by atoms with Crippen molar-refractivity contribution in [1.29, 1.82) is 0 Å². The SMILES string of the molecule is O=S(=O)(Nc1cnn([C@H]2CCOC2)c1)c1ccc2c(c1)CCCC2. The van der Waals surface area contributed by atoms with Crippen LogP contribution in [0, 0.1) is 0 Å². The summed E-state index contributed by atoms with van der Waals surface area (Å²) >= 11 is 0. The van der Waals surface area contributed by atoms with Gasteiger partial charge in [0.05, 0.1) is 29.4 Å². The van der Waals surface area contributed by atoms with Gasteiger partial charge in [-0.15, -0.1) is 0 Å². The molecule has 2 aliphatic rings. The largest absolute Gasteiger partial charge is 0.379 e. The first-order valence-electron chi connectivity index (χ1n) is 8.38. The van der Waals surface area contributed by atoms with Crippen molar-refractivity contribution in [2.45, 2.75) is 43.0 Å². The summed E-state index contributed by atoms with van der Waals surface area (Å²) in [7, 11) is -3.59. The molecule has 2 heterocycles. The Morgan fingerprint density at radius 2 is 2.04 bits per heavy atom. The molecular formula is C17H21N3O3S. The van der Waals surface area contributed by atoms with Gasteiger partial charge in [0.25, 0.3) is 10.0 Å². The van der Waals surface area contributed by atoms with Gasteiger partial charge in [-0.2, -0.15) is 5.10 Å². The van der Waals surface area contributed by atoms with Crippen LogP contribution in [0.4, 0.5) is 5.69 Å². The maximum Gasteiger partial charge on any atom is 0.262 e. The van der Waals surface area contributed by atoms with E-state index in [1.165, 1.54) is 12.0 Å². The molecule has 1 saturated heterocycles. The quantitative estimate of drug-likeness (QED) is 0.922. The molecule has 0 saturated carbocycles. The van der Waals surface area contributed by atoms with E-state index in [2.05, 4.69) is 9.82 Å². The second-order valence-electron chi connectivity index (χ2n) is 6.47. The zero-order valence-electron chi connectivity index (χ0n) is 13.4. The lowest BCUT2D eigenvalue weighted by molar-refractivity contribution is 0.184. The molecule has 0 spiro atoms. The van der Waals surface area contributed by atoms with Gasteiger partial charge in [-0.3, -0.25) is 9.40 Å². The molecule has 1 aromatic carbocycles. The molecule has 0 amide bonds. The first-order chi connectivity index (χ1) is 11.6. The molecule has 24 heavy (non-hydrogen) atoms. The van der Waals surface area contributed by atoms with Crippen LogP contribution in [0.1, 0.15) is 36.4 Å². The van der Waals surface area contributed by atoms with Gasteiger partial charge >= 0.3 is 0 Å². The van der Waals surface area contributed by atoms with Gasteiger partial charge in [0.15, 0.2) is 0 Å². The number of aromatic nitrogens is 2. The van der Waals surface area contributed by atoms with Crippen LogP contribution in [0.2, 0.25) is 0 Å². The highest BCUT2D eigenvalue weighted by atomic mass is 32.2. The van der Waals surface area contributed by atoms with Crippen molar-refractivity contribution in [2.24, 2.45) is 0 Å². The zero-order chi connectivity index (χ0) is 16.6. The van der Waals surface area contributed by atoms with Gasteiger partial charge < -0.3 is 4.74 Å². The van der Waals surface area contributed by atoms with Gasteiger partial charge in [-0.1, -0.05) is 6.07 Å². The highest BCUT2D eigenvalue weighted by Crippen LogP contribution is 2.26. The minimum Gasteiger partial charge on any atom is -0.379 e. The minimum atomic E-state index is -3.59. The Bertz CT molecular complexity index is 839. The average Bonchev–Trinajstić information content (AvgIpc) is 3.25. The molecular weight excluding hydrogens is 326 g/mol. The molecule has 0 bridgehead atoms. The van der Waals surface area contributed by atoms with Crippen molar-refractivity contribution in [3.8, 4) is 0 Å². The van der Waals surface area contributed by atoms with Crippen LogP contribution in [0.15, 0.2) is 35.5 Å². The monoisotopic (exact) mass is 347 g/mol. The minimum absolute atomic E-state index is 0.187. The molecule has 0 radical (unpaired) electrons. The summed E-state index contributed by atoms with van der Waals surface area (Å²) in [5.74, 6) is 0. The Kier molecular flexibility index (Phi) is 4.05. The number of hydrogen-bond acceptors (Lipinski definition) is 4.